The lowest BCUT2D eigenvalue weighted by atomic mass is 9.98. The van der Waals surface area contributed by atoms with Crippen molar-refractivity contribution >= 4 is 5.91 Å². The topological polar surface area (TPSA) is 67.8 Å². The first-order chi connectivity index (χ1) is 12.0. The molecule has 2 atom stereocenters. The zero-order chi connectivity index (χ0) is 19.6. The molecule has 0 saturated heterocycles. The first kappa shape index (κ1) is 20.4. The van der Waals surface area contributed by atoms with Crippen LogP contribution in [0.25, 0.3) is 0 Å². The van der Waals surface area contributed by atoms with Gasteiger partial charge in [-0.15, -0.1) is 13.2 Å². The highest BCUT2D eigenvalue weighted by atomic mass is 19.4. The van der Waals surface area contributed by atoms with Crippen molar-refractivity contribution in [2.45, 2.75) is 43.9 Å². The highest BCUT2D eigenvalue weighted by Gasteiger charge is 2.48. The molecule has 0 aliphatic heterocycles. The number of hydrogen-bond acceptors (Lipinski definition) is 4. The van der Waals surface area contributed by atoms with E-state index in [0.29, 0.717) is 12.8 Å². The van der Waals surface area contributed by atoms with E-state index in [2.05, 4.69) is 10.1 Å². The fourth-order valence-corrected chi connectivity index (χ4v) is 2.71. The predicted molar refractivity (Wildman–Crippen MR) is 83.9 cm³/mol. The Hall–Kier alpha value is -1.87. The van der Waals surface area contributed by atoms with Crippen LogP contribution in [0.1, 0.15) is 31.7 Å². The maximum atomic E-state index is 14.0. The van der Waals surface area contributed by atoms with Gasteiger partial charge >= 0.3 is 6.36 Å². The maximum absolute atomic E-state index is 14.0. The molecule has 1 aromatic carbocycles. The number of benzene rings is 1. The van der Waals surface area contributed by atoms with E-state index in [4.69, 9.17) is 4.74 Å². The Labute approximate surface area is 148 Å². The first-order valence-corrected chi connectivity index (χ1v) is 8.05. The van der Waals surface area contributed by atoms with Crippen molar-refractivity contribution in [3.63, 3.8) is 0 Å². The molecule has 0 heterocycles. The molecule has 0 aromatic heterocycles. The summed E-state index contributed by atoms with van der Waals surface area (Å²) in [4.78, 5) is 12.2. The molecule has 1 aliphatic carbocycles. The van der Waals surface area contributed by atoms with E-state index in [9.17, 15) is 27.5 Å². The van der Waals surface area contributed by atoms with E-state index in [1.54, 1.807) is 6.92 Å². The summed E-state index contributed by atoms with van der Waals surface area (Å²) in [7, 11) is 1.26. The molecule has 1 aromatic rings. The summed E-state index contributed by atoms with van der Waals surface area (Å²) >= 11 is 0. The molecule has 2 N–H and O–H groups in total. The third-order valence-corrected chi connectivity index (χ3v) is 4.35. The molecule has 1 aliphatic rings. The van der Waals surface area contributed by atoms with Crippen molar-refractivity contribution in [2.24, 2.45) is 5.92 Å². The van der Waals surface area contributed by atoms with Crippen LogP contribution in [0.4, 0.5) is 17.6 Å². The molecule has 0 radical (unpaired) electrons. The minimum Gasteiger partial charge on any atom is -0.406 e. The minimum absolute atomic E-state index is 0.0523. The zero-order valence-corrected chi connectivity index (χ0v) is 14.4. The molecule has 0 spiro atoms. The van der Waals surface area contributed by atoms with Gasteiger partial charge < -0.3 is 19.9 Å². The van der Waals surface area contributed by atoms with E-state index in [1.807, 2.05) is 0 Å². The molecule has 0 bridgehead atoms. The molecule has 1 fully saturated rings. The summed E-state index contributed by atoms with van der Waals surface area (Å²) in [5.41, 5.74) is -3.50. The van der Waals surface area contributed by atoms with Gasteiger partial charge in [-0.3, -0.25) is 4.79 Å². The standard InChI is InChI=1S/C17H21F4NO4/c1-11(15(18)6-7-15)8-14(23)22-16(24,10-25-2)12-4-3-5-13(9-12)26-17(19,20)21/h3-5,9,11,24H,6-8,10H2,1-2H3,(H,22,23)/t11?,16-/m0/s1. The van der Waals surface area contributed by atoms with Crippen LogP contribution >= 0.6 is 0 Å². The molecule has 5 nitrogen and oxygen atoms in total. The fraction of sp³-hybridized carbons (Fsp3) is 0.588. The van der Waals surface area contributed by atoms with Crippen LogP contribution in [0.3, 0.4) is 0 Å². The molecule has 1 amide bonds. The lowest BCUT2D eigenvalue weighted by molar-refractivity contribution is -0.274. The van der Waals surface area contributed by atoms with Crippen molar-refractivity contribution in [1.82, 2.24) is 5.32 Å². The van der Waals surface area contributed by atoms with Gasteiger partial charge in [-0.2, -0.15) is 0 Å². The van der Waals surface area contributed by atoms with Crippen LogP contribution in [0.5, 0.6) is 5.75 Å². The highest BCUT2D eigenvalue weighted by molar-refractivity contribution is 5.77. The number of aliphatic hydroxyl groups is 1. The van der Waals surface area contributed by atoms with E-state index >= 15 is 0 Å². The molecular formula is C17H21F4NO4. The third-order valence-electron chi connectivity index (χ3n) is 4.35. The number of carbonyl (C=O) groups is 1. The molecule has 1 saturated carbocycles. The lowest BCUT2D eigenvalue weighted by Gasteiger charge is -2.30. The lowest BCUT2D eigenvalue weighted by Crippen LogP contribution is -2.49. The van der Waals surface area contributed by atoms with Crippen molar-refractivity contribution in [3.8, 4) is 5.75 Å². The number of ether oxygens (including phenoxy) is 2. The molecule has 26 heavy (non-hydrogen) atoms. The molecular weight excluding hydrogens is 358 g/mol. The molecule has 1 unspecified atom stereocenters. The fourth-order valence-electron chi connectivity index (χ4n) is 2.71. The summed E-state index contributed by atoms with van der Waals surface area (Å²) < 4.78 is 59.8. The second-order valence-electron chi connectivity index (χ2n) is 6.56. The number of carbonyl (C=O) groups excluding carboxylic acids is 1. The highest BCUT2D eigenvalue weighted by Crippen LogP contribution is 2.47. The molecule has 9 heteroatoms. The van der Waals surface area contributed by atoms with Gasteiger partial charge in [0.25, 0.3) is 0 Å². The number of methoxy groups -OCH3 is 1. The Morgan fingerprint density at radius 2 is 2.04 bits per heavy atom. The smallest absolute Gasteiger partial charge is 0.406 e. The number of amides is 1. The second kappa shape index (κ2) is 7.40. The third kappa shape index (κ3) is 5.31. The van der Waals surface area contributed by atoms with Crippen molar-refractivity contribution in [3.05, 3.63) is 29.8 Å². The summed E-state index contributed by atoms with van der Waals surface area (Å²) in [5, 5.41) is 13.0. The zero-order valence-electron chi connectivity index (χ0n) is 14.4. The van der Waals surface area contributed by atoms with Crippen LogP contribution in [-0.4, -0.2) is 36.8 Å². The Morgan fingerprint density at radius 1 is 1.38 bits per heavy atom. The monoisotopic (exact) mass is 379 g/mol. The van der Waals surface area contributed by atoms with Crippen LogP contribution in [0.15, 0.2) is 24.3 Å². The van der Waals surface area contributed by atoms with E-state index < -0.39 is 41.9 Å². The summed E-state index contributed by atoms with van der Waals surface area (Å²) in [6, 6.07) is 4.58. The Kier molecular flexibility index (Phi) is 5.82. The van der Waals surface area contributed by atoms with Gasteiger partial charge in [0.05, 0.1) is 6.61 Å². The van der Waals surface area contributed by atoms with Gasteiger partial charge in [-0.1, -0.05) is 19.1 Å². The number of rotatable bonds is 8. The van der Waals surface area contributed by atoms with Gasteiger partial charge in [0.2, 0.25) is 5.91 Å². The van der Waals surface area contributed by atoms with Crippen molar-refractivity contribution in [2.75, 3.05) is 13.7 Å². The first-order valence-electron chi connectivity index (χ1n) is 8.05. The average Bonchev–Trinajstić information content (AvgIpc) is 3.25. The van der Waals surface area contributed by atoms with Gasteiger partial charge in [0.15, 0.2) is 5.72 Å². The van der Waals surface area contributed by atoms with Crippen LogP contribution in [0, 0.1) is 5.92 Å². The average molecular weight is 379 g/mol. The number of alkyl halides is 4. The Bertz CT molecular complexity index is 648. The quantitative estimate of drug-likeness (QED) is 0.538. The van der Waals surface area contributed by atoms with E-state index in [0.717, 1.165) is 12.1 Å². The largest absolute Gasteiger partial charge is 0.573 e. The minimum atomic E-state index is -4.89. The van der Waals surface area contributed by atoms with E-state index in [1.165, 1.54) is 19.2 Å². The summed E-state index contributed by atoms with van der Waals surface area (Å²) in [5.74, 6) is -1.72. The molecule has 2 rings (SSSR count). The SMILES string of the molecule is COC[C@@](O)(NC(=O)CC(C)C1(F)CC1)c1cccc(OC(F)(F)F)c1. The van der Waals surface area contributed by atoms with Crippen molar-refractivity contribution in [1.29, 1.82) is 0 Å². The van der Waals surface area contributed by atoms with E-state index in [-0.39, 0.29) is 12.0 Å². The number of hydrogen-bond donors (Lipinski definition) is 2. The Balaban J connectivity index is 2.14. The normalized spacial score (nSPS) is 19.3. The van der Waals surface area contributed by atoms with Crippen molar-refractivity contribution < 1.29 is 36.9 Å². The Morgan fingerprint density at radius 3 is 2.58 bits per heavy atom. The van der Waals surface area contributed by atoms with Crippen LogP contribution in [0.2, 0.25) is 0 Å². The van der Waals surface area contributed by atoms with Gasteiger partial charge in [-0.25, -0.2) is 4.39 Å². The van der Waals surface area contributed by atoms with Gasteiger partial charge in [0, 0.05) is 19.1 Å². The number of nitrogens with one attached hydrogen (secondary N) is 1. The summed E-state index contributed by atoms with van der Waals surface area (Å²) in [6.45, 7) is 1.18. The van der Waals surface area contributed by atoms with Crippen LogP contribution in [-0.2, 0) is 15.3 Å². The van der Waals surface area contributed by atoms with Gasteiger partial charge in [0.1, 0.15) is 11.4 Å². The van der Waals surface area contributed by atoms with Gasteiger partial charge in [-0.05, 0) is 30.9 Å². The maximum Gasteiger partial charge on any atom is 0.573 e. The molecule has 146 valence electrons. The van der Waals surface area contributed by atoms with Crippen LogP contribution < -0.4 is 10.1 Å². The second-order valence-corrected chi connectivity index (χ2v) is 6.56. The summed E-state index contributed by atoms with van der Waals surface area (Å²) in [6.07, 6.45) is -4.28. The predicted octanol–water partition coefficient (Wildman–Crippen LogP) is 3.02. The number of halogens is 4.